The molecule has 0 aromatic rings. The standard InChI is InChI=1S/C8H14O8/c1-3(10)15-16-8-7(13)6(12)5(11)4(2-9)14-8/h4-9,11-13H,2H2,1H3/t4-,5-,6+,7-,8?/m1/s1. The molecule has 0 saturated carbocycles. The van der Waals surface area contributed by atoms with Crippen molar-refractivity contribution in [3.05, 3.63) is 0 Å². The summed E-state index contributed by atoms with van der Waals surface area (Å²) in [5, 5.41) is 36.9. The molecule has 94 valence electrons. The Labute approximate surface area is 90.9 Å². The number of hydrogen-bond acceptors (Lipinski definition) is 8. The molecule has 1 aliphatic rings. The zero-order chi connectivity index (χ0) is 12.3. The van der Waals surface area contributed by atoms with Crippen LogP contribution in [0.3, 0.4) is 0 Å². The highest BCUT2D eigenvalue weighted by molar-refractivity contribution is 5.65. The van der Waals surface area contributed by atoms with Crippen LogP contribution in [0.5, 0.6) is 0 Å². The molecular formula is C8H14O8. The van der Waals surface area contributed by atoms with Gasteiger partial charge in [-0.2, -0.15) is 0 Å². The molecule has 4 N–H and O–H groups in total. The Morgan fingerprint density at radius 2 is 1.88 bits per heavy atom. The fraction of sp³-hybridized carbons (Fsp3) is 0.875. The third-order valence-electron chi connectivity index (χ3n) is 2.11. The molecule has 1 aliphatic heterocycles. The molecule has 1 heterocycles. The van der Waals surface area contributed by atoms with Gasteiger partial charge in [0.2, 0.25) is 6.29 Å². The maximum Gasteiger partial charge on any atom is 0.339 e. The lowest BCUT2D eigenvalue weighted by molar-refractivity contribution is -0.404. The van der Waals surface area contributed by atoms with Crippen LogP contribution in [0.4, 0.5) is 0 Å². The minimum Gasteiger partial charge on any atom is -0.394 e. The van der Waals surface area contributed by atoms with Crippen LogP contribution in [-0.4, -0.2) is 63.7 Å². The number of aliphatic hydroxyl groups is 4. The fourth-order valence-corrected chi connectivity index (χ4v) is 1.26. The highest BCUT2D eigenvalue weighted by Gasteiger charge is 2.45. The number of carbonyl (C=O) groups is 1. The second-order valence-electron chi connectivity index (χ2n) is 3.37. The summed E-state index contributed by atoms with van der Waals surface area (Å²) in [5.41, 5.74) is 0. The lowest BCUT2D eigenvalue weighted by atomic mass is 9.99. The van der Waals surface area contributed by atoms with Gasteiger partial charge in [-0.25, -0.2) is 4.79 Å². The van der Waals surface area contributed by atoms with E-state index in [1.165, 1.54) is 0 Å². The first kappa shape index (κ1) is 13.3. The largest absolute Gasteiger partial charge is 0.394 e. The third-order valence-corrected chi connectivity index (χ3v) is 2.11. The molecule has 1 rings (SSSR count). The second kappa shape index (κ2) is 5.53. The molecule has 0 aromatic heterocycles. The molecule has 1 saturated heterocycles. The van der Waals surface area contributed by atoms with Crippen LogP contribution in [-0.2, 0) is 19.3 Å². The molecule has 1 fully saturated rings. The second-order valence-corrected chi connectivity index (χ2v) is 3.37. The molecule has 0 amide bonds. The zero-order valence-electron chi connectivity index (χ0n) is 8.52. The van der Waals surface area contributed by atoms with Gasteiger partial charge in [-0.3, -0.25) is 4.89 Å². The van der Waals surface area contributed by atoms with E-state index in [0.717, 1.165) is 6.92 Å². The van der Waals surface area contributed by atoms with Crippen molar-refractivity contribution in [3.63, 3.8) is 0 Å². The average Bonchev–Trinajstić information content (AvgIpc) is 2.25. The minimum absolute atomic E-state index is 0.578. The Kier molecular flexibility index (Phi) is 4.59. The van der Waals surface area contributed by atoms with E-state index >= 15 is 0 Å². The van der Waals surface area contributed by atoms with Crippen molar-refractivity contribution in [1.82, 2.24) is 0 Å². The number of ether oxygens (including phenoxy) is 1. The van der Waals surface area contributed by atoms with Crippen molar-refractivity contribution in [1.29, 1.82) is 0 Å². The van der Waals surface area contributed by atoms with E-state index in [1.807, 2.05) is 0 Å². The third kappa shape index (κ3) is 2.88. The van der Waals surface area contributed by atoms with E-state index in [4.69, 9.17) is 9.84 Å². The smallest absolute Gasteiger partial charge is 0.339 e. The monoisotopic (exact) mass is 238 g/mol. The summed E-state index contributed by atoms with van der Waals surface area (Å²) in [5.74, 6) is -0.767. The first-order chi connectivity index (χ1) is 7.47. The molecule has 8 heteroatoms. The Morgan fingerprint density at radius 3 is 2.38 bits per heavy atom. The maximum atomic E-state index is 10.4. The highest BCUT2D eigenvalue weighted by atomic mass is 17.2. The maximum absolute atomic E-state index is 10.4. The number of aliphatic hydroxyl groups excluding tert-OH is 4. The van der Waals surface area contributed by atoms with Crippen molar-refractivity contribution < 1.29 is 39.7 Å². The lowest BCUT2D eigenvalue weighted by Crippen LogP contribution is -2.59. The topological polar surface area (TPSA) is 126 Å². The van der Waals surface area contributed by atoms with E-state index in [9.17, 15) is 20.1 Å². The van der Waals surface area contributed by atoms with Crippen LogP contribution >= 0.6 is 0 Å². The van der Waals surface area contributed by atoms with Crippen molar-refractivity contribution in [2.24, 2.45) is 0 Å². The van der Waals surface area contributed by atoms with E-state index in [0.29, 0.717) is 0 Å². The van der Waals surface area contributed by atoms with Gasteiger partial charge >= 0.3 is 5.97 Å². The van der Waals surface area contributed by atoms with E-state index in [2.05, 4.69) is 9.78 Å². The molecule has 16 heavy (non-hydrogen) atoms. The number of carbonyl (C=O) groups excluding carboxylic acids is 1. The van der Waals surface area contributed by atoms with Gasteiger partial charge in [-0.1, -0.05) is 0 Å². The van der Waals surface area contributed by atoms with Gasteiger partial charge in [0, 0.05) is 6.92 Å². The minimum atomic E-state index is -1.59. The van der Waals surface area contributed by atoms with Gasteiger partial charge in [0.25, 0.3) is 0 Å². The van der Waals surface area contributed by atoms with Gasteiger partial charge in [0.1, 0.15) is 24.4 Å². The summed E-state index contributed by atoms with van der Waals surface area (Å²) in [7, 11) is 0. The predicted molar refractivity (Wildman–Crippen MR) is 46.6 cm³/mol. The van der Waals surface area contributed by atoms with Gasteiger partial charge in [0.05, 0.1) is 6.61 Å². The first-order valence-electron chi connectivity index (χ1n) is 4.61. The first-order valence-corrected chi connectivity index (χ1v) is 4.61. The quantitative estimate of drug-likeness (QED) is 0.308. The van der Waals surface area contributed by atoms with Crippen LogP contribution in [0, 0.1) is 0 Å². The normalized spacial score (nSPS) is 39.4. The Morgan fingerprint density at radius 1 is 1.25 bits per heavy atom. The number of rotatable bonds is 3. The van der Waals surface area contributed by atoms with E-state index < -0.39 is 43.3 Å². The SMILES string of the molecule is CC(=O)OOC1O[C@H](CO)[C@@H](O)[C@H](O)[C@H]1O. The van der Waals surface area contributed by atoms with Gasteiger partial charge in [-0.05, 0) is 0 Å². The van der Waals surface area contributed by atoms with Crippen LogP contribution in [0.25, 0.3) is 0 Å². The summed E-state index contributed by atoms with van der Waals surface area (Å²) in [4.78, 5) is 19.0. The highest BCUT2D eigenvalue weighted by Crippen LogP contribution is 2.21. The summed E-state index contributed by atoms with van der Waals surface area (Å²) in [6, 6.07) is 0. The molecule has 0 spiro atoms. The molecule has 0 radical (unpaired) electrons. The Bertz CT molecular complexity index is 242. The van der Waals surface area contributed by atoms with Crippen LogP contribution in [0.2, 0.25) is 0 Å². The Balaban J connectivity index is 2.60. The predicted octanol–water partition coefficient (Wildman–Crippen LogP) is -2.72. The average molecular weight is 238 g/mol. The van der Waals surface area contributed by atoms with Crippen LogP contribution < -0.4 is 0 Å². The van der Waals surface area contributed by atoms with Gasteiger partial charge in [0.15, 0.2) is 0 Å². The summed E-state index contributed by atoms with van der Waals surface area (Å²) >= 11 is 0. The summed E-state index contributed by atoms with van der Waals surface area (Å²) < 4.78 is 4.87. The van der Waals surface area contributed by atoms with Crippen molar-refractivity contribution >= 4 is 5.97 Å². The van der Waals surface area contributed by atoms with Crippen molar-refractivity contribution in [2.45, 2.75) is 37.6 Å². The lowest BCUT2D eigenvalue weighted by Gasteiger charge is -2.38. The summed E-state index contributed by atoms with van der Waals surface area (Å²) in [6.45, 7) is 0.495. The van der Waals surface area contributed by atoms with Crippen LogP contribution in [0.1, 0.15) is 6.92 Å². The van der Waals surface area contributed by atoms with E-state index in [-0.39, 0.29) is 0 Å². The van der Waals surface area contributed by atoms with Gasteiger partial charge < -0.3 is 25.2 Å². The molecule has 8 nitrogen and oxygen atoms in total. The fourth-order valence-electron chi connectivity index (χ4n) is 1.26. The Hall–Kier alpha value is -0.770. The zero-order valence-corrected chi connectivity index (χ0v) is 8.52. The van der Waals surface area contributed by atoms with Crippen molar-refractivity contribution in [2.75, 3.05) is 6.61 Å². The molecule has 0 aromatic carbocycles. The summed E-state index contributed by atoms with van der Waals surface area (Å²) in [6.07, 6.45) is -7.18. The van der Waals surface area contributed by atoms with E-state index in [1.54, 1.807) is 0 Å². The number of hydrogen-bond donors (Lipinski definition) is 4. The molecule has 5 atom stereocenters. The molecule has 0 bridgehead atoms. The molecule has 1 unspecified atom stereocenters. The van der Waals surface area contributed by atoms with Gasteiger partial charge in [-0.15, -0.1) is 4.89 Å². The molecular weight excluding hydrogens is 224 g/mol. The molecule has 0 aliphatic carbocycles. The van der Waals surface area contributed by atoms with Crippen molar-refractivity contribution in [3.8, 4) is 0 Å². The van der Waals surface area contributed by atoms with Crippen LogP contribution in [0.15, 0.2) is 0 Å².